The molecule has 3 amide bonds. The zero-order chi connectivity index (χ0) is 46.9. The first kappa shape index (κ1) is 59.7. The molecule has 0 aromatic carbocycles. The van der Waals surface area contributed by atoms with E-state index in [1.54, 1.807) is 4.90 Å². The Labute approximate surface area is 390 Å². The number of ether oxygens (including phenoxy) is 1. The predicted molar refractivity (Wildman–Crippen MR) is 259 cm³/mol. The number of aliphatic hydroxyl groups is 3. The number of unbranched alkanes of at least 4 members (excludes halogenated alkanes) is 32. The van der Waals surface area contributed by atoms with Crippen molar-refractivity contribution in [1.29, 1.82) is 0 Å². The highest BCUT2D eigenvalue weighted by atomic mass is 16.5. The van der Waals surface area contributed by atoms with Crippen LogP contribution in [0.1, 0.15) is 258 Å². The second-order valence-corrected chi connectivity index (χ2v) is 19.0. The summed E-state index contributed by atoms with van der Waals surface area (Å²) in [4.78, 5) is 52.0. The fourth-order valence-corrected chi connectivity index (χ4v) is 8.96. The Morgan fingerprint density at radius 3 is 1.27 bits per heavy atom. The summed E-state index contributed by atoms with van der Waals surface area (Å²) < 4.78 is 6.16. The molecular weight excluding hydrogens is 811 g/mol. The van der Waals surface area contributed by atoms with Crippen LogP contribution in [0.4, 0.5) is 0 Å². The van der Waals surface area contributed by atoms with E-state index >= 15 is 0 Å². The van der Waals surface area contributed by atoms with Gasteiger partial charge in [-0.25, -0.2) is 0 Å². The molecule has 1 heterocycles. The van der Waals surface area contributed by atoms with Gasteiger partial charge < -0.3 is 40.7 Å². The standard InChI is InChI=1S/C52H99N3O9/c1-3-5-7-9-11-13-15-17-19-21-23-25-27-29-33-37-41-55(47(59)39-35-30-28-26-24-22-20-18-16-14-12-10-8-6-4-2)52-49(51(63)50(62)44(43-56)64-52)54-46(58)42-53-45(57)38-34-31-32-36-40-48(60)61/h44,49-52,56,62-63H,3-43H2,1-2H3,(H,53,57)(H,54,58)(H,60,61)/t44-,49-,50-,51-,52-/m1/s1. The monoisotopic (exact) mass is 910 g/mol. The number of carbonyl (C=O) groups excluding carboxylic acids is 3. The van der Waals surface area contributed by atoms with Gasteiger partial charge in [0, 0.05) is 25.8 Å². The molecule has 1 rings (SSSR count). The number of carbonyl (C=O) groups is 4. The number of carboxylic acid groups (broad SMARTS) is 1. The summed E-state index contributed by atoms with van der Waals surface area (Å²) >= 11 is 0. The van der Waals surface area contributed by atoms with Crippen molar-refractivity contribution in [3.8, 4) is 0 Å². The summed E-state index contributed by atoms with van der Waals surface area (Å²) in [5.41, 5.74) is 0. The lowest BCUT2D eigenvalue weighted by Gasteiger charge is -2.47. The zero-order valence-electron chi connectivity index (χ0n) is 41.2. The van der Waals surface area contributed by atoms with Crippen LogP contribution in [0.15, 0.2) is 0 Å². The highest BCUT2D eigenvalue weighted by Gasteiger charge is 2.48. The van der Waals surface area contributed by atoms with Crippen LogP contribution in [0.3, 0.4) is 0 Å². The van der Waals surface area contributed by atoms with E-state index in [4.69, 9.17) is 9.84 Å². The van der Waals surface area contributed by atoms with Gasteiger partial charge in [-0.15, -0.1) is 0 Å². The first-order chi connectivity index (χ1) is 31.2. The van der Waals surface area contributed by atoms with Gasteiger partial charge in [0.2, 0.25) is 17.7 Å². The molecule has 1 saturated heterocycles. The maximum atomic E-state index is 14.0. The van der Waals surface area contributed by atoms with Crippen LogP contribution < -0.4 is 10.6 Å². The molecule has 0 saturated carbocycles. The van der Waals surface area contributed by atoms with E-state index in [1.165, 1.54) is 148 Å². The highest BCUT2D eigenvalue weighted by Crippen LogP contribution is 2.26. The highest BCUT2D eigenvalue weighted by molar-refractivity contribution is 5.85. The minimum absolute atomic E-state index is 0.0971. The lowest BCUT2D eigenvalue weighted by Crippen LogP contribution is -2.69. The van der Waals surface area contributed by atoms with Gasteiger partial charge >= 0.3 is 5.97 Å². The number of amides is 3. The maximum absolute atomic E-state index is 14.0. The van der Waals surface area contributed by atoms with E-state index < -0.39 is 49.1 Å². The Morgan fingerprint density at radius 1 is 0.484 bits per heavy atom. The molecule has 6 N–H and O–H groups in total. The van der Waals surface area contributed by atoms with E-state index in [-0.39, 0.29) is 31.2 Å². The Morgan fingerprint density at radius 2 is 0.859 bits per heavy atom. The third kappa shape index (κ3) is 31.6. The maximum Gasteiger partial charge on any atom is 0.303 e. The molecule has 0 spiro atoms. The van der Waals surface area contributed by atoms with Crippen LogP contribution in [-0.4, -0.2) is 99.3 Å². The predicted octanol–water partition coefficient (Wildman–Crippen LogP) is 10.8. The topological polar surface area (TPSA) is 186 Å². The first-order valence-corrected chi connectivity index (χ1v) is 26.9. The molecule has 0 radical (unpaired) electrons. The van der Waals surface area contributed by atoms with Crippen molar-refractivity contribution in [2.75, 3.05) is 19.7 Å². The number of nitrogens with one attached hydrogen (secondary N) is 2. The fourth-order valence-electron chi connectivity index (χ4n) is 8.96. The molecule has 64 heavy (non-hydrogen) atoms. The number of hydrogen-bond donors (Lipinski definition) is 6. The summed E-state index contributed by atoms with van der Waals surface area (Å²) in [6, 6.07) is -1.18. The molecule has 0 bridgehead atoms. The minimum atomic E-state index is -1.52. The quantitative estimate of drug-likeness (QED) is 0.0324. The molecule has 0 aliphatic carbocycles. The Bertz CT molecular complexity index is 1140. The molecule has 1 aliphatic heterocycles. The van der Waals surface area contributed by atoms with Gasteiger partial charge in [-0.3, -0.25) is 19.2 Å². The van der Waals surface area contributed by atoms with Gasteiger partial charge in [0.15, 0.2) is 6.23 Å². The van der Waals surface area contributed by atoms with Crippen LogP contribution in [0.25, 0.3) is 0 Å². The number of rotatable bonds is 45. The van der Waals surface area contributed by atoms with Crippen molar-refractivity contribution < 1.29 is 44.3 Å². The number of nitrogens with zero attached hydrogens (tertiary/aromatic N) is 1. The fraction of sp³-hybridized carbons (Fsp3) is 0.923. The van der Waals surface area contributed by atoms with Crippen molar-refractivity contribution in [2.24, 2.45) is 0 Å². The molecule has 12 heteroatoms. The Kier molecular flexibility index (Phi) is 39.3. The van der Waals surface area contributed by atoms with Gasteiger partial charge in [-0.2, -0.15) is 0 Å². The third-order valence-corrected chi connectivity index (χ3v) is 13.1. The normalized spacial score (nSPS) is 18.5. The van der Waals surface area contributed by atoms with E-state index in [9.17, 15) is 34.5 Å². The number of carboxylic acids is 1. The summed E-state index contributed by atoms with van der Waals surface area (Å²) in [5.74, 6) is -1.91. The zero-order valence-corrected chi connectivity index (χ0v) is 41.2. The van der Waals surface area contributed by atoms with E-state index in [0.29, 0.717) is 38.6 Å². The number of hydrogen-bond acceptors (Lipinski definition) is 8. The molecular formula is C52H99N3O9. The molecule has 12 nitrogen and oxygen atoms in total. The first-order valence-electron chi connectivity index (χ1n) is 26.9. The smallest absolute Gasteiger partial charge is 0.303 e. The summed E-state index contributed by atoms with van der Waals surface area (Å²) in [7, 11) is 0. The summed E-state index contributed by atoms with van der Waals surface area (Å²) in [6.45, 7) is 3.95. The molecule has 376 valence electrons. The second-order valence-electron chi connectivity index (χ2n) is 19.0. The van der Waals surface area contributed by atoms with Crippen LogP contribution in [0.5, 0.6) is 0 Å². The summed E-state index contributed by atoms with van der Waals surface area (Å²) in [5, 5.41) is 46.4. The van der Waals surface area contributed by atoms with Crippen LogP contribution >= 0.6 is 0 Å². The van der Waals surface area contributed by atoms with Crippen molar-refractivity contribution >= 4 is 23.7 Å². The Hall–Kier alpha value is -2.28. The Balaban J connectivity index is 2.71. The minimum Gasteiger partial charge on any atom is -0.481 e. The van der Waals surface area contributed by atoms with E-state index in [2.05, 4.69) is 24.5 Å². The molecule has 0 aromatic heterocycles. The average Bonchev–Trinajstić information content (AvgIpc) is 3.28. The van der Waals surface area contributed by atoms with Gasteiger partial charge in [-0.1, -0.05) is 213 Å². The van der Waals surface area contributed by atoms with Crippen molar-refractivity contribution in [3.05, 3.63) is 0 Å². The van der Waals surface area contributed by atoms with Crippen LogP contribution in [0.2, 0.25) is 0 Å². The average molecular weight is 910 g/mol. The van der Waals surface area contributed by atoms with E-state index in [1.807, 2.05) is 0 Å². The lowest BCUT2D eigenvalue weighted by molar-refractivity contribution is -0.231. The van der Waals surface area contributed by atoms with Crippen molar-refractivity contribution in [2.45, 2.75) is 288 Å². The van der Waals surface area contributed by atoms with Gasteiger partial charge in [0.05, 0.1) is 13.2 Å². The third-order valence-electron chi connectivity index (χ3n) is 13.1. The van der Waals surface area contributed by atoms with Gasteiger partial charge in [0.1, 0.15) is 24.4 Å². The second kappa shape index (κ2) is 42.1. The lowest BCUT2D eigenvalue weighted by atomic mass is 9.94. The van der Waals surface area contributed by atoms with Gasteiger partial charge in [-0.05, 0) is 25.7 Å². The SMILES string of the molecule is CCCCCCCCCCCCCCCCCCN(C(=O)CCCCCCCCCCCCCCCCC)[C@@H]1O[C@H](CO)[C@@H](O)[C@H](O)[C@H]1NC(=O)CNC(=O)CCCCCCC(=O)O. The molecule has 1 aliphatic rings. The molecule has 0 unspecified atom stereocenters. The van der Waals surface area contributed by atoms with Crippen LogP contribution in [-0.2, 0) is 23.9 Å². The molecule has 1 fully saturated rings. The number of aliphatic hydroxyl groups excluding tert-OH is 3. The summed E-state index contributed by atoms with van der Waals surface area (Å²) in [6.07, 6.45) is 35.9. The van der Waals surface area contributed by atoms with Gasteiger partial charge in [0.25, 0.3) is 0 Å². The van der Waals surface area contributed by atoms with Crippen molar-refractivity contribution in [3.63, 3.8) is 0 Å². The number of aliphatic carboxylic acids is 1. The molecule has 0 aromatic rings. The van der Waals surface area contributed by atoms with Crippen molar-refractivity contribution in [1.82, 2.24) is 15.5 Å². The molecule has 5 atom stereocenters. The van der Waals surface area contributed by atoms with Crippen LogP contribution in [0, 0.1) is 0 Å². The van der Waals surface area contributed by atoms with E-state index in [0.717, 1.165) is 51.4 Å². The largest absolute Gasteiger partial charge is 0.481 e.